The SMILES string of the molecule is CC(C)C1CC(C)[C@H](F)C1. The van der Waals surface area contributed by atoms with Crippen molar-refractivity contribution in [3.8, 4) is 0 Å². The van der Waals surface area contributed by atoms with Gasteiger partial charge in [0.15, 0.2) is 0 Å². The van der Waals surface area contributed by atoms with Gasteiger partial charge in [-0.2, -0.15) is 0 Å². The lowest BCUT2D eigenvalue weighted by atomic mass is 9.94. The molecule has 2 unspecified atom stereocenters. The minimum absolute atomic E-state index is 0.312. The first kappa shape index (κ1) is 8.03. The molecule has 1 aliphatic rings. The van der Waals surface area contributed by atoms with E-state index in [4.69, 9.17) is 0 Å². The maximum atomic E-state index is 12.9. The van der Waals surface area contributed by atoms with Crippen LogP contribution in [-0.4, -0.2) is 6.17 Å². The predicted molar refractivity (Wildman–Crippen MR) is 41.6 cm³/mol. The molecule has 0 aliphatic heterocycles. The van der Waals surface area contributed by atoms with Gasteiger partial charge in [-0.1, -0.05) is 20.8 Å². The molecule has 0 amide bonds. The molecule has 3 atom stereocenters. The molecule has 1 saturated carbocycles. The van der Waals surface area contributed by atoms with Crippen LogP contribution in [0.3, 0.4) is 0 Å². The van der Waals surface area contributed by atoms with E-state index in [1.165, 1.54) is 0 Å². The van der Waals surface area contributed by atoms with Crippen molar-refractivity contribution in [2.24, 2.45) is 17.8 Å². The second kappa shape index (κ2) is 2.89. The van der Waals surface area contributed by atoms with Gasteiger partial charge in [0.25, 0.3) is 0 Å². The Morgan fingerprint density at radius 3 is 2.10 bits per heavy atom. The van der Waals surface area contributed by atoms with Crippen molar-refractivity contribution in [2.45, 2.75) is 39.8 Å². The molecular weight excluding hydrogens is 127 g/mol. The van der Waals surface area contributed by atoms with Gasteiger partial charge in [-0.3, -0.25) is 0 Å². The third kappa shape index (κ3) is 1.50. The lowest BCUT2D eigenvalue weighted by molar-refractivity contribution is 0.272. The van der Waals surface area contributed by atoms with Crippen LogP contribution in [0.5, 0.6) is 0 Å². The van der Waals surface area contributed by atoms with Crippen molar-refractivity contribution < 1.29 is 4.39 Å². The van der Waals surface area contributed by atoms with E-state index in [1.807, 2.05) is 6.92 Å². The van der Waals surface area contributed by atoms with Gasteiger partial charge >= 0.3 is 0 Å². The van der Waals surface area contributed by atoms with E-state index in [0.29, 0.717) is 17.8 Å². The number of alkyl halides is 1. The van der Waals surface area contributed by atoms with Crippen molar-refractivity contribution in [3.05, 3.63) is 0 Å². The fraction of sp³-hybridized carbons (Fsp3) is 1.00. The Morgan fingerprint density at radius 2 is 1.90 bits per heavy atom. The highest BCUT2D eigenvalue weighted by Crippen LogP contribution is 2.37. The van der Waals surface area contributed by atoms with Crippen molar-refractivity contribution in [3.63, 3.8) is 0 Å². The zero-order valence-corrected chi connectivity index (χ0v) is 7.10. The van der Waals surface area contributed by atoms with Crippen molar-refractivity contribution in [2.75, 3.05) is 0 Å². The Labute approximate surface area is 62.8 Å². The van der Waals surface area contributed by atoms with Crippen LogP contribution in [0.25, 0.3) is 0 Å². The van der Waals surface area contributed by atoms with Crippen LogP contribution < -0.4 is 0 Å². The van der Waals surface area contributed by atoms with Gasteiger partial charge in [0.05, 0.1) is 0 Å². The molecule has 0 radical (unpaired) electrons. The molecule has 0 bridgehead atoms. The Balaban J connectivity index is 2.41. The van der Waals surface area contributed by atoms with Gasteiger partial charge in [0.1, 0.15) is 6.17 Å². The number of halogens is 1. The number of hydrogen-bond donors (Lipinski definition) is 0. The number of rotatable bonds is 1. The first-order valence-corrected chi connectivity index (χ1v) is 4.25. The summed E-state index contributed by atoms with van der Waals surface area (Å²) in [7, 11) is 0. The van der Waals surface area contributed by atoms with Gasteiger partial charge in [0, 0.05) is 0 Å². The predicted octanol–water partition coefficient (Wildman–Crippen LogP) is 3.03. The molecule has 1 heteroatoms. The third-order valence-electron chi connectivity index (χ3n) is 2.76. The van der Waals surface area contributed by atoms with E-state index in [9.17, 15) is 4.39 Å². The molecule has 1 aliphatic carbocycles. The standard InChI is InChI=1S/C9H17F/c1-6(2)8-4-7(3)9(10)5-8/h6-9H,4-5H2,1-3H3/t7?,8?,9-/m1/s1. The van der Waals surface area contributed by atoms with Crippen LogP contribution in [0, 0.1) is 17.8 Å². The Hall–Kier alpha value is -0.0700. The summed E-state index contributed by atoms with van der Waals surface area (Å²) in [6.45, 7) is 6.40. The lowest BCUT2D eigenvalue weighted by Gasteiger charge is -2.12. The Bertz CT molecular complexity index is 99.3. The van der Waals surface area contributed by atoms with Crippen LogP contribution in [-0.2, 0) is 0 Å². The minimum Gasteiger partial charge on any atom is -0.247 e. The second-order valence-electron chi connectivity index (χ2n) is 3.97. The molecule has 0 nitrogen and oxygen atoms in total. The summed E-state index contributed by atoms with van der Waals surface area (Å²) >= 11 is 0. The van der Waals surface area contributed by atoms with Crippen LogP contribution in [0.2, 0.25) is 0 Å². The van der Waals surface area contributed by atoms with Crippen LogP contribution in [0.15, 0.2) is 0 Å². The first-order chi connectivity index (χ1) is 4.61. The molecule has 1 rings (SSSR count). The summed E-state index contributed by atoms with van der Waals surface area (Å²) in [5.41, 5.74) is 0. The molecule has 0 spiro atoms. The van der Waals surface area contributed by atoms with Gasteiger partial charge in [-0.25, -0.2) is 4.39 Å². The summed E-state index contributed by atoms with van der Waals surface area (Å²) in [5.74, 6) is 1.63. The summed E-state index contributed by atoms with van der Waals surface area (Å²) in [4.78, 5) is 0. The Morgan fingerprint density at radius 1 is 1.30 bits per heavy atom. The molecule has 0 aromatic heterocycles. The first-order valence-electron chi connectivity index (χ1n) is 4.25. The Kier molecular flexibility index (Phi) is 2.32. The fourth-order valence-electron chi connectivity index (χ4n) is 1.79. The topological polar surface area (TPSA) is 0 Å². The maximum absolute atomic E-state index is 12.9. The molecule has 0 aromatic rings. The zero-order chi connectivity index (χ0) is 7.72. The van der Waals surface area contributed by atoms with E-state index in [0.717, 1.165) is 12.8 Å². The molecule has 0 heterocycles. The van der Waals surface area contributed by atoms with E-state index in [1.54, 1.807) is 0 Å². The summed E-state index contributed by atoms with van der Waals surface area (Å²) < 4.78 is 12.9. The molecule has 0 saturated heterocycles. The van der Waals surface area contributed by atoms with Crippen LogP contribution >= 0.6 is 0 Å². The average molecular weight is 144 g/mol. The highest BCUT2D eigenvalue weighted by atomic mass is 19.1. The molecule has 60 valence electrons. The van der Waals surface area contributed by atoms with Gasteiger partial charge < -0.3 is 0 Å². The summed E-state index contributed by atoms with van der Waals surface area (Å²) in [5, 5.41) is 0. The molecular formula is C9H17F. The smallest absolute Gasteiger partial charge is 0.103 e. The molecule has 0 N–H and O–H groups in total. The number of hydrogen-bond acceptors (Lipinski definition) is 0. The molecule has 10 heavy (non-hydrogen) atoms. The quantitative estimate of drug-likeness (QED) is 0.530. The van der Waals surface area contributed by atoms with E-state index in [2.05, 4.69) is 13.8 Å². The molecule has 1 fully saturated rings. The normalized spacial score (nSPS) is 41.1. The maximum Gasteiger partial charge on any atom is 0.103 e. The van der Waals surface area contributed by atoms with E-state index in [-0.39, 0.29) is 0 Å². The van der Waals surface area contributed by atoms with Crippen molar-refractivity contribution in [1.82, 2.24) is 0 Å². The lowest BCUT2D eigenvalue weighted by Crippen LogP contribution is -2.03. The molecule has 0 aromatic carbocycles. The van der Waals surface area contributed by atoms with Gasteiger partial charge in [-0.05, 0) is 30.6 Å². The highest BCUT2D eigenvalue weighted by molar-refractivity contribution is 4.82. The van der Waals surface area contributed by atoms with Crippen LogP contribution in [0.1, 0.15) is 33.6 Å². The van der Waals surface area contributed by atoms with Crippen molar-refractivity contribution >= 4 is 0 Å². The second-order valence-corrected chi connectivity index (χ2v) is 3.97. The van der Waals surface area contributed by atoms with Gasteiger partial charge in [-0.15, -0.1) is 0 Å². The average Bonchev–Trinajstić information content (AvgIpc) is 2.13. The largest absolute Gasteiger partial charge is 0.247 e. The zero-order valence-electron chi connectivity index (χ0n) is 7.10. The van der Waals surface area contributed by atoms with E-state index < -0.39 is 6.17 Å². The van der Waals surface area contributed by atoms with Crippen LogP contribution in [0.4, 0.5) is 4.39 Å². The third-order valence-corrected chi connectivity index (χ3v) is 2.76. The highest BCUT2D eigenvalue weighted by Gasteiger charge is 2.32. The van der Waals surface area contributed by atoms with Crippen molar-refractivity contribution in [1.29, 1.82) is 0 Å². The summed E-state index contributed by atoms with van der Waals surface area (Å²) in [6.07, 6.45) is 1.38. The minimum atomic E-state index is -0.521. The van der Waals surface area contributed by atoms with E-state index >= 15 is 0 Å². The fourth-order valence-corrected chi connectivity index (χ4v) is 1.79. The summed E-state index contributed by atoms with van der Waals surface area (Å²) in [6, 6.07) is 0. The monoisotopic (exact) mass is 144 g/mol. The van der Waals surface area contributed by atoms with Gasteiger partial charge in [0.2, 0.25) is 0 Å².